The van der Waals surface area contributed by atoms with Gasteiger partial charge < -0.3 is 15.2 Å². The molecule has 0 aromatic heterocycles. The van der Waals surface area contributed by atoms with Crippen LogP contribution in [0.15, 0.2) is 54.6 Å². The summed E-state index contributed by atoms with van der Waals surface area (Å²) in [5.41, 5.74) is 3.14. The Bertz CT molecular complexity index is 628. The first-order chi connectivity index (χ1) is 10.7. The second kappa shape index (κ2) is 6.11. The molecule has 0 fully saturated rings. The van der Waals surface area contributed by atoms with Crippen LogP contribution in [0.3, 0.4) is 0 Å². The van der Waals surface area contributed by atoms with E-state index < -0.39 is 0 Å². The van der Waals surface area contributed by atoms with Crippen molar-refractivity contribution in [2.24, 2.45) is 0 Å². The van der Waals surface area contributed by atoms with E-state index in [1.165, 1.54) is 5.56 Å². The van der Waals surface area contributed by atoms with Gasteiger partial charge in [0.2, 0.25) is 0 Å². The molecule has 1 aliphatic heterocycles. The number of hydroxylamine groups is 2. The van der Waals surface area contributed by atoms with Crippen molar-refractivity contribution in [3.63, 3.8) is 0 Å². The number of benzene rings is 2. The van der Waals surface area contributed by atoms with Crippen LogP contribution in [0.4, 0.5) is 11.4 Å². The summed E-state index contributed by atoms with van der Waals surface area (Å²) in [7, 11) is 0. The van der Waals surface area contributed by atoms with Crippen LogP contribution in [-0.2, 0) is 0 Å². The predicted octanol–water partition coefficient (Wildman–Crippen LogP) is 4.85. The lowest BCUT2D eigenvalue weighted by Gasteiger charge is -2.47. The molecule has 3 rings (SSSR count). The average Bonchev–Trinajstić information content (AvgIpc) is 2.92. The minimum atomic E-state index is -0.264. The highest BCUT2D eigenvalue weighted by molar-refractivity contribution is 5.72. The minimum absolute atomic E-state index is 0.0311. The Morgan fingerprint density at radius 1 is 1.00 bits per heavy atom. The zero-order valence-electron chi connectivity index (χ0n) is 13.3. The van der Waals surface area contributed by atoms with Crippen LogP contribution in [0, 0.1) is 5.21 Å². The summed E-state index contributed by atoms with van der Waals surface area (Å²) in [5, 5.41) is 17.0. The summed E-state index contributed by atoms with van der Waals surface area (Å²) in [5.74, 6) is 0.275. The zero-order chi connectivity index (χ0) is 15.6. The Hall–Kier alpha value is -1.84. The topological polar surface area (TPSA) is 35.1 Å². The van der Waals surface area contributed by atoms with Crippen molar-refractivity contribution in [3.05, 3.63) is 65.4 Å². The maximum Gasteiger partial charge on any atom is 0.158 e. The van der Waals surface area contributed by atoms with Gasteiger partial charge in [0.1, 0.15) is 11.7 Å². The lowest BCUT2D eigenvalue weighted by atomic mass is 9.86. The monoisotopic (exact) mass is 296 g/mol. The highest BCUT2D eigenvalue weighted by Crippen LogP contribution is 2.43. The van der Waals surface area contributed by atoms with E-state index in [4.69, 9.17) is 0 Å². The third-order valence-corrected chi connectivity index (χ3v) is 4.90. The summed E-state index contributed by atoms with van der Waals surface area (Å²) in [4.78, 5) is 0. The van der Waals surface area contributed by atoms with E-state index in [9.17, 15) is 5.21 Å². The van der Waals surface area contributed by atoms with E-state index in [0.717, 1.165) is 24.2 Å². The first-order valence-electron chi connectivity index (χ1n) is 8.17. The van der Waals surface area contributed by atoms with Gasteiger partial charge in [0.25, 0.3) is 0 Å². The Balaban J connectivity index is 2.00. The number of para-hydroxylation sites is 2. The predicted molar refractivity (Wildman–Crippen MR) is 93.6 cm³/mol. The summed E-state index contributed by atoms with van der Waals surface area (Å²) in [6.07, 6.45) is 1.85. The fraction of sp³-hybridized carbons (Fsp3) is 0.368. The maximum atomic E-state index is 13.7. The largest absolute Gasteiger partial charge is 0.626 e. The number of nitrogens with zero attached hydrogens (tertiary/aromatic N) is 1. The van der Waals surface area contributed by atoms with Gasteiger partial charge in [-0.3, -0.25) is 0 Å². The van der Waals surface area contributed by atoms with Crippen molar-refractivity contribution in [3.8, 4) is 0 Å². The molecule has 0 spiro atoms. The Morgan fingerprint density at radius 2 is 1.68 bits per heavy atom. The van der Waals surface area contributed by atoms with Gasteiger partial charge in [-0.05, 0) is 24.5 Å². The first-order valence-corrected chi connectivity index (χ1v) is 8.17. The van der Waals surface area contributed by atoms with Crippen LogP contribution in [0.1, 0.15) is 38.2 Å². The summed E-state index contributed by atoms with van der Waals surface area (Å²) >= 11 is 0. The summed E-state index contributed by atoms with van der Waals surface area (Å²) in [6, 6.07) is 18.4. The number of hydrogen-bond donors (Lipinski definition) is 1. The number of rotatable bonds is 5. The van der Waals surface area contributed by atoms with Gasteiger partial charge in [-0.2, -0.15) is 0 Å². The van der Waals surface area contributed by atoms with Crippen molar-refractivity contribution in [2.75, 3.05) is 12.0 Å². The second-order valence-corrected chi connectivity index (χ2v) is 6.05. The normalized spacial score (nSPS) is 22.7. The van der Waals surface area contributed by atoms with E-state index in [2.05, 4.69) is 43.4 Å². The molecule has 2 aromatic rings. The standard InChI is InChI=1S/C19H24N2O/c1-3-16(15-10-6-5-7-11-15)18(4-2)21(22)14-20-17-12-8-9-13-19(17)21/h5-13,16,18,20H,3-4,14H2,1-2H3. The fourth-order valence-electron chi connectivity index (χ4n) is 3.84. The molecule has 0 amide bonds. The molecular formula is C19H24N2O. The van der Waals surface area contributed by atoms with Crippen molar-refractivity contribution in [2.45, 2.75) is 38.6 Å². The smallest absolute Gasteiger partial charge is 0.158 e. The molecule has 2 aromatic carbocycles. The van der Waals surface area contributed by atoms with E-state index in [1.54, 1.807) is 0 Å². The molecule has 0 saturated heterocycles. The second-order valence-electron chi connectivity index (χ2n) is 6.05. The number of nitrogens with one attached hydrogen (secondary N) is 1. The lowest BCUT2D eigenvalue weighted by Crippen LogP contribution is -2.53. The van der Waals surface area contributed by atoms with Crippen molar-refractivity contribution < 1.29 is 0 Å². The van der Waals surface area contributed by atoms with Gasteiger partial charge in [0.05, 0.1) is 0 Å². The Kier molecular flexibility index (Phi) is 4.19. The van der Waals surface area contributed by atoms with E-state index in [-0.39, 0.29) is 16.6 Å². The molecule has 0 radical (unpaired) electrons. The maximum absolute atomic E-state index is 13.7. The number of anilines is 1. The molecule has 0 saturated carbocycles. The average molecular weight is 296 g/mol. The number of quaternary nitrogens is 1. The van der Waals surface area contributed by atoms with E-state index >= 15 is 0 Å². The lowest BCUT2D eigenvalue weighted by molar-refractivity contribution is 0.251. The molecular weight excluding hydrogens is 272 g/mol. The van der Waals surface area contributed by atoms with Crippen molar-refractivity contribution in [1.29, 1.82) is 0 Å². The van der Waals surface area contributed by atoms with Crippen LogP contribution in [0.5, 0.6) is 0 Å². The minimum Gasteiger partial charge on any atom is -0.626 e. The molecule has 3 nitrogen and oxygen atoms in total. The van der Waals surface area contributed by atoms with Crippen LogP contribution in [-0.4, -0.2) is 12.7 Å². The van der Waals surface area contributed by atoms with E-state index in [0.29, 0.717) is 6.67 Å². The van der Waals surface area contributed by atoms with Gasteiger partial charge in [-0.25, -0.2) is 0 Å². The van der Waals surface area contributed by atoms with Crippen molar-refractivity contribution >= 4 is 11.4 Å². The number of fused-ring (bicyclic) bond motifs is 1. The SMILES string of the molecule is CCC(c1ccccc1)C(CC)[N+]1([O-])CNc2ccccc21. The van der Waals surface area contributed by atoms with Gasteiger partial charge in [-0.1, -0.05) is 56.3 Å². The third kappa shape index (κ3) is 2.40. The van der Waals surface area contributed by atoms with Crippen LogP contribution in [0.2, 0.25) is 0 Å². The molecule has 3 unspecified atom stereocenters. The number of hydrogen-bond acceptors (Lipinski definition) is 2. The molecule has 116 valence electrons. The molecule has 1 aliphatic rings. The molecule has 0 aliphatic carbocycles. The van der Waals surface area contributed by atoms with Crippen LogP contribution >= 0.6 is 0 Å². The van der Waals surface area contributed by atoms with Crippen LogP contribution in [0.25, 0.3) is 0 Å². The molecule has 1 N–H and O–H groups in total. The molecule has 1 heterocycles. The highest BCUT2D eigenvalue weighted by atomic mass is 16.6. The van der Waals surface area contributed by atoms with Gasteiger partial charge in [0.15, 0.2) is 12.4 Å². The van der Waals surface area contributed by atoms with Gasteiger partial charge in [-0.15, -0.1) is 0 Å². The zero-order valence-corrected chi connectivity index (χ0v) is 13.3. The summed E-state index contributed by atoms with van der Waals surface area (Å²) in [6.45, 7) is 4.75. The summed E-state index contributed by atoms with van der Waals surface area (Å²) < 4.78 is -0.264. The third-order valence-electron chi connectivity index (χ3n) is 4.90. The first kappa shape index (κ1) is 15.1. The molecule has 22 heavy (non-hydrogen) atoms. The Morgan fingerprint density at radius 3 is 2.36 bits per heavy atom. The quantitative estimate of drug-likeness (QED) is 0.632. The molecule has 3 heteroatoms. The fourth-order valence-corrected chi connectivity index (χ4v) is 3.84. The molecule has 3 atom stereocenters. The Labute approximate surface area is 132 Å². The van der Waals surface area contributed by atoms with Gasteiger partial charge >= 0.3 is 0 Å². The van der Waals surface area contributed by atoms with Gasteiger partial charge in [0, 0.05) is 12.0 Å². The highest BCUT2D eigenvalue weighted by Gasteiger charge is 2.40. The molecule has 0 bridgehead atoms. The van der Waals surface area contributed by atoms with E-state index in [1.807, 2.05) is 30.3 Å². The van der Waals surface area contributed by atoms with Crippen molar-refractivity contribution in [1.82, 2.24) is 4.65 Å². The van der Waals surface area contributed by atoms with Crippen LogP contribution < -0.4 is 9.96 Å².